The molecule has 2 aromatic rings. The van der Waals surface area contributed by atoms with Gasteiger partial charge in [0.2, 0.25) is 0 Å². The van der Waals surface area contributed by atoms with Crippen molar-refractivity contribution in [3.63, 3.8) is 0 Å². The molecule has 1 N–H and O–H groups in total. The zero-order valence-electron chi connectivity index (χ0n) is 21.2. The molecule has 2 aromatic carbocycles. The molecule has 1 heterocycles. The van der Waals surface area contributed by atoms with Gasteiger partial charge in [-0.3, -0.25) is 9.59 Å². The molecule has 0 aromatic heterocycles. The van der Waals surface area contributed by atoms with Crippen LogP contribution in [0.25, 0.3) is 5.76 Å². The summed E-state index contributed by atoms with van der Waals surface area (Å²) < 4.78 is 19.5. The third-order valence-corrected chi connectivity index (χ3v) is 6.30. The highest BCUT2D eigenvalue weighted by Gasteiger charge is 2.46. The zero-order valence-corrected chi connectivity index (χ0v) is 21.2. The second-order valence-corrected chi connectivity index (χ2v) is 9.26. The van der Waals surface area contributed by atoms with Crippen molar-refractivity contribution in [2.45, 2.75) is 40.7 Å². The number of aliphatic hydroxyl groups excluding tert-OH is 1. The highest BCUT2D eigenvalue weighted by Crippen LogP contribution is 2.39. The van der Waals surface area contributed by atoms with E-state index in [4.69, 9.17) is 4.74 Å². The van der Waals surface area contributed by atoms with Gasteiger partial charge in [-0.05, 0) is 67.4 Å². The number of hydrogen-bond acceptors (Lipinski definition) is 5. The molecule has 0 aliphatic carbocycles. The molecule has 1 aliphatic rings. The van der Waals surface area contributed by atoms with Crippen LogP contribution in [-0.4, -0.2) is 59.4 Å². The molecule has 7 heteroatoms. The van der Waals surface area contributed by atoms with Gasteiger partial charge in [0.25, 0.3) is 11.7 Å². The number of aryl methyl sites for hydroxylation is 1. The molecule has 0 unspecified atom stereocenters. The summed E-state index contributed by atoms with van der Waals surface area (Å²) in [5.41, 5.74) is 1.81. The van der Waals surface area contributed by atoms with Crippen LogP contribution in [0.5, 0.6) is 5.75 Å². The van der Waals surface area contributed by atoms with E-state index < -0.39 is 23.5 Å². The van der Waals surface area contributed by atoms with Crippen molar-refractivity contribution in [2.75, 3.05) is 32.8 Å². The summed E-state index contributed by atoms with van der Waals surface area (Å²) >= 11 is 0. The van der Waals surface area contributed by atoms with Crippen LogP contribution in [0.3, 0.4) is 0 Å². The number of aliphatic hydroxyl groups is 1. The van der Waals surface area contributed by atoms with Gasteiger partial charge in [0, 0.05) is 18.7 Å². The molecule has 0 bridgehead atoms. The third kappa shape index (κ3) is 5.90. The minimum Gasteiger partial charge on any atom is -0.507 e. The standard InChI is InChI=1S/C28H35FN2O4/c1-6-30(7-2)14-15-31-25(20-8-11-22(29)12-9-20)24(27(33)28(31)34)26(32)21-10-13-23(19(5)16-21)35-17-18(3)4/h8-13,16,18,25,32H,6-7,14-15,17H2,1-5H3/b26-24+/t25-/m0/s1. The summed E-state index contributed by atoms with van der Waals surface area (Å²) in [4.78, 5) is 29.9. The lowest BCUT2D eigenvalue weighted by atomic mass is 9.94. The van der Waals surface area contributed by atoms with Gasteiger partial charge in [-0.2, -0.15) is 0 Å². The zero-order chi connectivity index (χ0) is 25.7. The first-order valence-electron chi connectivity index (χ1n) is 12.2. The van der Waals surface area contributed by atoms with Gasteiger partial charge in [-0.1, -0.05) is 39.8 Å². The van der Waals surface area contributed by atoms with E-state index in [2.05, 4.69) is 18.7 Å². The third-order valence-electron chi connectivity index (χ3n) is 6.30. The predicted molar refractivity (Wildman–Crippen MR) is 135 cm³/mol. The maximum Gasteiger partial charge on any atom is 0.295 e. The van der Waals surface area contributed by atoms with E-state index in [1.807, 2.05) is 20.8 Å². The molecule has 3 rings (SSSR count). The van der Waals surface area contributed by atoms with Crippen molar-refractivity contribution in [1.29, 1.82) is 0 Å². The van der Waals surface area contributed by atoms with Crippen molar-refractivity contribution < 1.29 is 23.8 Å². The second-order valence-electron chi connectivity index (χ2n) is 9.26. The lowest BCUT2D eigenvalue weighted by molar-refractivity contribution is -0.140. The van der Waals surface area contributed by atoms with Gasteiger partial charge in [0.15, 0.2) is 0 Å². The summed E-state index contributed by atoms with van der Waals surface area (Å²) in [6.45, 7) is 13.1. The van der Waals surface area contributed by atoms with Gasteiger partial charge >= 0.3 is 0 Å². The first-order chi connectivity index (χ1) is 16.7. The number of ether oxygens (including phenoxy) is 1. The number of halogens is 1. The number of rotatable bonds is 10. The largest absolute Gasteiger partial charge is 0.507 e. The summed E-state index contributed by atoms with van der Waals surface area (Å²) in [6, 6.07) is 10.1. The van der Waals surface area contributed by atoms with E-state index in [0.29, 0.717) is 42.5 Å². The Kier molecular flexibility index (Phi) is 8.67. The summed E-state index contributed by atoms with van der Waals surface area (Å²) in [6.07, 6.45) is 0. The number of hydrogen-bond donors (Lipinski definition) is 1. The highest BCUT2D eigenvalue weighted by molar-refractivity contribution is 6.46. The van der Waals surface area contributed by atoms with Crippen LogP contribution in [0, 0.1) is 18.7 Å². The van der Waals surface area contributed by atoms with E-state index >= 15 is 0 Å². The fraction of sp³-hybridized carbons (Fsp3) is 0.429. The molecule has 6 nitrogen and oxygen atoms in total. The van der Waals surface area contributed by atoms with E-state index in [9.17, 15) is 19.1 Å². The number of likely N-dealkylation sites (N-methyl/N-ethyl adjacent to an activating group) is 1. The summed E-state index contributed by atoms with van der Waals surface area (Å²) in [5.74, 6) is -1.01. The molecular weight excluding hydrogens is 447 g/mol. The molecule has 1 aliphatic heterocycles. The van der Waals surface area contributed by atoms with Crippen LogP contribution in [0.4, 0.5) is 4.39 Å². The Balaban J connectivity index is 2.04. The van der Waals surface area contributed by atoms with Crippen molar-refractivity contribution in [3.05, 3.63) is 70.5 Å². The molecule has 1 atom stereocenters. The van der Waals surface area contributed by atoms with Crippen LogP contribution >= 0.6 is 0 Å². The minimum absolute atomic E-state index is 0.0106. The predicted octanol–water partition coefficient (Wildman–Crippen LogP) is 4.93. The van der Waals surface area contributed by atoms with E-state index in [-0.39, 0.29) is 11.3 Å². The molecule has 1 fully saturated rings. The Labute approximate surface area is 207 Å². The normalized spacial score (nSPS) is 17.6. The van der Waals surface area contributed by atoms with Crippen LogP contribution < -0.4 is 4.74 Å². The van der Waals surface area contributed by atoms with Gasteiger partial charge < -0.3 is 19.6 Å². The lowest BCUT2D eigenvalue weighted by Crippen LogP contribution is -2.38. The Bertz CT molecular complexity index is 1090. The van der Waals surface area contributed by atoms with Gasteiger partial charge in [-0.15, -0.1) is 0 Å². The van der Waals surface area contributed by atoms with Crippen molar-refractivity contribution in [2.24, 2.45) is 5.92 Å². The fourth-order valence-corrected chi connectivity index (χ4v) is 4.26. The number of benzene rings is 2. The number of carbonyl (C=O) groups is 2. The second kappa shape index (κ2) is 11.5. The number of amides is 1. The summed E-state index contributed by atoms with van der Waals surface area (Å²) in [5, 5.41) is 11.3. The minimum atomic E-state index is -0.802. The maximum absolute atomic E-state index is 13.7. The van der Waals surface area contributed by atoms with E-state index in [0.717, 1.165) is 18.7 Å². The SMILES string of the molecule is CCN(CC)CCN1C(=O)C(=O)/C(=C(/O)c2ccc(OCC(C)C)c(C)c2)[C@@H]1c1ccc(F)cc1. The smallest absolute Gasteiger partial charge is 0.295 e. The number of Topliss-reactive ketones (excluding diaryl/α,β-unsaturated/α-hetero) is 1. The first kappa shape index (κ1) is 26.4. The Morgan fingerprint density at radius 1 is 1.11 bits per heavy atom. The van der Waals surface area contributed by atoms with Crippen molar-refractivity contribution >= 4 is 17.4 Å². The molecule has 0 radical (unpaired) electrons. The average Bonchev–Trinajstić information content (AvgIpc) is 3.08. The van der Waals surface area contributed by atoms with Crippen molar-refractivity contribution in [1.82, 2.24) is 9.80 Å². The molecular formula is C28H35FN2O4. The van der Waals surface area contributed by atoms with Gasteiger partial charge in [0.1, 0.15) is 17.3 Å². The number of ketones is 1. The topological polar surface area (TPSA) is 70.1 Å². The molecule has 188 valence electrons. The first-order valence-corrected chi connectivity index (χ1v) is 12.2. The van der Waals surface area contributed by atoms with E-state index in [1.165, 1.54) is 17.0 Å². The molecule has 0 spiro atoms. The Morgan fingerprint density at radius 3 is 2.34 bits per heavy atom. The average molecular weight is 483 g/mol. The Morgan fingerprint density at radius 2 is 1.77 bits per heavy atom. The van der Waals surface area contributed by atoms with Crippen LogP contribution in [0.1, 0.15) is 50.4 Å². The lowest BCUT2D eigenvalue weighted by Gasteiger charge is -2.28. The van der Waals surface area contributed by atoms with Crippen LogP contribution in [-0.2, 0) is 9.59 Å². The Hall–Kier alpha value is -3.19. The van der Waals surface area contributed by atoms with Crippen LogP contribution in [0.2, 0.25) is 0 Å². The summed E-state index contributed by atoms with van der Waals surface area (Å²) in [7, 11) is 0. The number of likely N-dealkylation sites (tertiary alicyclic amines) is 1. The van der Waals surface area contributed by atoms with Gasteiger partial charge in [0.05, 0.1) is 18.2 Å². The number of carbonyl (C=O) groups excluding carboxylic acids is 2. The highest BCUT2D eigenvalue weighted by atomic mass is 19.1. The molecule has 0 saturated carbocycles. The van der Waals surface area contributed by atoms with E-state index in [1.54, 1.807) is 30.3 Å². The van der Waals surface area contributed by atoms with Crippen molar-refractivity contribution in [3.8, 4) is 5.75 Å². The molecule has 1 amide bonds. The van der Waals surface area contributed by atoms with Gasteiger partial charge in [-0.25, -0.2) is 4.39 Å². The quantitative estimate of drug-likeness (QED) is 0.295. The fourth-order valence-electron chi connectivity index (χ4n) is 4.26. The molecule has 1 saturated heterocycles. The van der Waals surface area contributed by atoms with Crippen LogP contribution in [0.15, 0.2) is 48.0 Å². The monoisotopic (exact) mass is 482 g/mol. The maximum atomic E-state index is 13.7. The number of nitrogens with zero attached hydrogens (tertiary/aromatic N) is 2. The molecule has 35 heavy (non-hydrogen) atoms.